The third-order valence-corrected chi connectivity index (χ3v) is 5.52. The van der Waals surface area contributed by atoms with Crippen molar-refractivity contribution >= 4 is 5.96 Å². The quantitative estimate of drug-likeness (QED) is 0.508. The van der Waals surface area contributed by atoms with E-state index in [1.165, 1.54) is 18.4 Å². The second-order valence-corrected chi connectivity index (χ2v) is 8.19. The van der Waals surface area contributed by atoms with Gasteiger partial charge in [-0.05, 0) is 49.8 Å². The molecule has 5 heteroatoms. The summed E-state index contributed by atoms with van der Waals surface area (Å²) in [5, 5.41) is 3.36. The molecule has 1 aromatic carbocycles. The molecule has 3 N–H and O–H groups in total. The Labute approximate surface area is 164 Å². The summed E-state index contributed by atoms with van der Waals surface area (Å²) in [5.74, 6) is 2.17. The van der Waals surface area contributed by atoms with Crippen LogP contribution >= 0.6 is 0 Å². The van der Waals surface area contributed by atoms with Gasteiger partial charge in [0.15, 0.2) is 5.96 Å². The molecule has 5 nitrogen and oxygen atoms in total. The van der Waals surface area contributed by atoms with Crippen LogP contribution in [0.2, 0.25) is 0 Å². The lowest BCUT2D eigenvalue weighted by Gasteiger charge is -2.36. The zero-order valence-corrected chi connectivity index (χ0v) is 17.5. The van der Waals surface area contributed by atoms with E-state index in [1.54, 1.807) is 7.11 Å². The fourth-order valence-corrected chi connectivity index (χ4v) is 3.68. The minimum absolute atomic E-state index is 0.0162. The highest BCUT2D eigenvalue weighted by Crippen LogP contribution is 2.36. The van der Waals surface area contributed by atoms with E-state index in [1.807, 2.05) is 12.1 Å². The molecule has 1 aliphatic heterocycles. The molecule has 152 valence electrons. The number of nitrogens with one attached hydrogen (secondary N) is 1. The van der Waals surface area contributed by atoms with Crippen molar-refractivity contribution < 1.29 is 9.47 Å². The van der Waals surface area contributed by atoms with Gasteiger partial charge in [0.05, 0.1) is 13.7 Å². The molecule has 0 bridgehead atoms. The molecule has 1 fully saturated rings. The normalized spacial score (nSPS) is 18.3. The Morgan fingerprint density at radius 3 is 2.44 bits per heavy atom. The maximum absolute atomic E-state index is 6.19. The van der Waals surface area contributed by atoms with Gasteiger partial charge in [-0.3, -0.25) is 4.99 Å². The number of benzene rings is 1. The van der Waals surface area contributed by atoms with E-state index in [9.17, 15) is 0 Å². The number of aliphatic imine (C=N–C) groups is 1. The molecular weight excluding hydrogens is 338 g/mol. The van der Waals surface area contributed by atoms with Gasteiger partial charge in [-0.15, -0.1) is 0 Å². The first-order chi connectivity index (χ1) is 12.9. The largest absolute Gasteiger partial charge is 0.497 e. The maximum atomic E-state index is 6.19. The van der Waals surface area contributed by atoms with Crippen molar-refractivity contribution in [2.75, 3.05) is 26.9 Å². The lowest BCUT2D eigenvalue weighted by atomic mass is 9.74. The summed E-state index contributed by atoms with van der Waals surface area (Å²) in [6, 6.07) is 8.69. The predicted molar refractivity (Wildman–Crippen MR) is 113 cm³/mol. The van der Waals surface area contributed by atoms with Gasteiger partial charge in [0.1, 0.15) is 5.75 Å². The fraction of sp³-hybridized carbons (Fsp3) is 0.682. The van der Waals surface area contributed by atoms with E-state index in [4.69, 9.17) is 20.2 Å². The predicted octanol–water partition coefficient (Wildman–Crippen LogP) is 3.86. The molecule has 1 unspecified atom stereocenters. The van der Waals surface area contributed by atoms with Crippen LogP contribution in [0.5, 0.6) is 5.75 Å². The Morgan fingerprint density at radius 1 is 1.19 bits per heavy atom. The zero-order valence-electron chi connectivity index (χ0n) is 17.5. The Bertz CT molecular complexity index is 578. The molecule has 1 saturated heterocycles. The first-order valence-electron chi connectivity index (χ1n) is 10.2. The second kappa shape index (κ2) is 10.5. The van der Waals surface area contributed by atoms with Crippen molar-refractivity contribution in [1.82, 2.24) is 5.32 Å². The minimum Gasteiger partial charge on any atom is -0.497 e. The van der Waals surface area contributed by atoms with E-state index in [2.05, 4.69) is 38.2 Å². The van der Waals surface area contributed by atoms with Crippen molar-refractivity contribution in [2.24, 2.45) is 16.6 Å². The average molecular weight is 376 g/mol. The summed E-state index contributed by atoms with van der Waals surface area (Å²) in [6.45, 7) is 8.92. The summed E-state index contributed by atoms with van der Waals surface area (Å²) < 4.78 is 10.9. The fourth-order valence-electron chi connectivity index (χ4n) is 3.68. The first kappa shape index (κ1) is 21.5. The van der Waals surface area contributed by atoms with Gasteiger partial charge in [-0.1, -0.05) is 38.8 Å². The molecule has 0 amide bonds. The third kappa shape index (κ3) is 6.73. The van der Waals surface area contributed by atoms with Crippen LogP contribution in [0.25, 0.3) is 0 Å². The molecule has 1 aromatic rings. The number of hydrogen-bond donors (Lipinski definition) is 2. The SMILES string of the molecule is COc1ccc(C2(CN=C(N)NC(C)CCCC(C)C)CCOCC2)cc1. The summed E-state index contributed by atoms with van der Waals surface area (Å²) >= 11 is 0. The average Bonchev–Trinajstić information content (AvgIpc) is 2.67. The zero-order chi connectivity index (χ0) is 19.7. The summed E-state index contributed by atoms with van der Waals surface area (Å²) in [6.07, 6.45) is 5.50. The van der Waals surface area contributed by atoms with E-state index >= 15 is 0 Å². The number of guanidine groups is 1. The number of nitrogens with two attached hydrogens (primary N) is 1. The van der Waals surface area contributed by atoms with Crippen LogP contribution in [0, 0.1) is 5.92 Å². The van der Waals surface area contributed by atoms with Gasteiger partial charge in [-0.2, -0.15) is 0 Å². The van der Waals surface area contributed by atoms with Crippen LogP contribution in [0.3, 0.4) is 0 Å². The van der Waals surface area contributed by atoms with Gasteiger partial charge >= 0.3 is 0 Å². The summed E-state index contributed by atoms with van der Waals surface area (Å²) in [5.41, 5.74) is 7.46. The highest BCUT2D eigenvalue weighted by atomic mass is 16.5. The molecule has 2 rings (SSSR count). The second-order valence-electron chi connectivity index (χ2n) is 8.19. The molecular formula is C22H37N3O2. The number of ether oxygens (including phenoxy) is 2. The van der Waals surface area contributed by atoms with Gasteiger partial charge in [0.2, 0.25) is 0 Å². The summed E-state index contributed by atoms with van der Waals surface area (Å²) in [7, 11) is 1.69. The van der Waals surface area contributed by atoms with Crippen LogP contribution in [0.15, 0.2) is 29.3 Å². The van der Waals surface area contributed by atoms with Gasteiger partial charge in [0, 0.05) is 24.7 Å². The van der Waals surface area contributed by atoms with E-state index in [0.29, 0.717) is 18.5 Å². The van der Waals surface area contributed by atoms with Crippen LogP contribution in [-0.2, 0) is 10.2 Å². The standard InChI is InChI=1S/C22H37N3O2/c1-17(2)6-5-7-18(3)25-21(23)24-16-22(12-14-27-15-13-22)19-8-10-20(26-4)11-9-19/h8-11,17-18H,5-7,12-16H2,1-4H3,(H3,23,24,25). The number of methoxy groups -OCH3 is 1. The number of nitrogens with zero attached hydrogens (tertiary/aromatic N) is 1. The molecule has 27 heavy (non-hydrogen) atoms. The number of rotatable bonds is 9. The van der Waals surface area contributed by atoms with Crippen molar-refractivity contribution in [3.05, 3.63) is 29.8 Å². The van der Waals surface area contributed by atoms with Gasteiger partial charge in [-0.25, -0.2) is 0 Å². The van der Waals surface area contributed by atoms with Gasteiger partial charge in [0.25, 0.3) is 0 Å². The monoisotopic (exact) mass is 375 g/mol. The topological polar surface area (TPSA) is 68.9 Å². The van der Waals surface area contributed by atoms with E-state index in [0.717, 1.165) is 44.1 Å². The van der Waals surface area contributed by atoms with Crippen molar-refractivity contribution in [3.63, 3.8) is 0 Å². The Hall–Kier alpha value is -1.75. The molecule has 0 spiro atoms. The Morgan fingerprint density at radius 2 is 1.85 bits per heavy atom. The van der Waals surface area contributed by atoms with E-state index < -0.39 is 0 Å². The van der Waals surface area contributed by atoms with Crippen LogP contribution in [0.1, 0.15) is 58.4 Å². The lowest BCUT2D eigenvalue weighted by molar-refractivity contribution is 0.0531. The van der Waals surface area contributed by atoms with Crippen molar-refractivity contribution in [2.45, 2.75) is 64.3 Å². The Kier molecular flexibility index (Phi) is 8.42. The smallest absolute Gasteiger partial charge is 0.188 e. The molecule has 0 saturated carbocycles. The highest BCUT2D eigenvalue weighted by Gasteiger charge is 2.34. The maximum Gasteiger partial charge on any atom is 0.188 e. The Balaban J connectivity index is 1.99. The van der Waals surface area contributed by atoms with Crippen LogP contribution in [0.4, 0.5) is 0 Å². The lowest BCUT2D eigenvalue weighted by Crippen LogP contribution is -2.41. The molecule has 0 aliphatic carbocycles. The minimum atomic E-state index is -0.0162. The van der Waals surface area contributed by atoms with Crippen molar-refractivity contribution in [3.8, 4) is 5.75 Å². The summed E-state index contributed by atoms with van der Waals surface area (Å²) in [4.78, 5) is 4.72. The molecule has 0 radical (unpaired) electrons. The van der Waals surface area contributed by atoms with Crippen molar-refractivity contribution in [1.29, 1.82) is 0 Å². The van der Waals surface area contributed by atoms with Crippen LogP contribution in [-0.4, -0.2) is 38.9 Å². The van der Waals surface area contributed by atoms with E-state index in [-0.39, 0.29) is 5.41 Å². The molecule has 1 heterocycles. The molecule has 0 aromatic heterocycles. The first-order valence-corrected chi connectivity index (χ1v) is 10.2. The van der Waals surface area contributed by atoms with Crippen LogP contribution < -0.4 is 15.8 Å². The molecule has 1 aliphatic rings. The third-order valence-electron chi connectivity index (χ3n) is 5.52. The number of hydrogen-bond acceptors (Lipinski definition) is 3. The molecule has 1 atom stereocenters. The highest BCUT2D eigenvalue weighted by molar-refractivity contribution is 5.78. The van der Waals surface area contributed by atoms with Gasteiger partial charge < -0.3 is 20.5 Å².